The highest BCUT2D eigenvalue weighted by Gasteiger charge is 2.02. The topological polar surface area (TPSA) is 47.3 Å². The van der Waals surface area contributed by atoms with Crippen LogP contribution in [0, 0.1) is 0 Å². The van der Waals surface area contributed by atoms with Gasteiger partial charge in [-0.05, 0) is 25.1 Å². The molecule has 0 aliphatic carbocycles. The van der Waals surface area contributed by atoms with Crippen molar-refractivity contribution < 1.29 is 4.74 Å². The normalized spacial score (nSPS) is 12.5. The molecule has 0 aliphatic rings. The number of hydrogen-bond donors (Lipinski definition) is 2. The number of hydrogen-bond acceptors (Lipinski definition) is 3. The maximum absolute atomic E-state index is 5.79. The van der Waals surface area contributed by atoms with Gasteiger partial charge in [0.05, 0.1) is 0 Å². The molecule has 0 aliphatic heterocycles. The van der Waals surface area contributed by atoms with Crippen molar-refractivity contribution in [3.05, 3.63) is 29.3 Å². The molecule has 0 amide bonds. The Morgan fingerprint density at radius 2 is 2.38 bits per heavy atom. The third-order valence-corrected chi connectivity index (χ3v) is 1.77. The molecule has 1 aromatic carbocycles. The first-order valence-corrected chi connectivity index (χ1v) is 4.46. The van der Waals surface area contributed by atoms with Gasteiger partial charge in [-0.2, -0.15) is 0 Å². The number of nitrogens with two attached hydrogens (primary N) is 1. The van der Waals surface area contributed by atoms with Crippen LogP contribution in [-0.2, 0) is 0 Å². The molecule has 13 heavy (non-hydrogen) atoms. The van der Waals surface area contributed by atoms with Crippen molar-refractivity contribution in [3.8, 4) is 5.75 Å². The predicted octanol–water partition coefficient (Wildman–Crippen LogP) is 1.57. The van der Waals surface area contributed by atoms with E-state index in [0.717, 1.165) is 5.75 Å². The lowest BCUT2D eigenvalue weighted by Gasteiger charge is -2.13. The van der Waals surface area contributed by atoms with Crippen LogP contribution < -0.4 is 16.0 Å². The molecule has 1 rings (SSSR count). The Morgan fingerprint density at radius 1 is 1.62 bits per heavy atom. The minimum Gasteiger partial charge on any atom is -0.489 e. The molecule has 0 bridgehead atoms. The van der Waals surface area contributed by atoms with Crippen LogP contribution in [0.4, 0.5) is 0 Å². The summed E-state index contributed by atoms with van der Waals surface area (Å²) >= 11 is 5.79. The van der Waals surface area contributed by atoms with Crippen molar-refractivity contribution in [3.63, 3.8) is 0 Å². The van der Waals surface area contributed by atoms with E-state index < -0.39 is 0 Å². The first-order chi connectivity index (χ1) is 6.22. The van der Waals surface area contributed by atoms with Gasteiger partial charge in [-0.3, -0.25) is 11.3 Å². The zero-order valence-corrected chi connectivity index (χ0v) is 8.21. The molecule has 3 N–H and O–H groups in total. The van der Waals surface area contributed by atoms with E-state index in [-0.39, 0.29) is 6.10 Å². The molecule has 72 valence electrons. The summed E-state index contributed by atoms with van der Waals surface area (Å²) in [5, 5.41) is 0.672. The predicted molar refractivity (Wildman–Crippen MR) is 53.7 cm³/mol. The molecule has 1 atom stereocenters. The molecule has 0 aromatic heterocycles. The maximum atomic E-state index is 5.79. The number of hydrazine groups is 1. The second kappa shape index (κ2) is 5.07. The Morgan fingerprint density at radius 3 is 3.00 bits per heavy atom. The van der Waals surface area contributed by atoms with Gasteiger partial charge in [0.2, 0.25) is 0 Å². The summed E-state index contributed by atoms with van der Waals surface area (Å²) < 4.78 is 5.51. The zero-order chi connectivity index (χ0) is 9.68. The summed E-state index contributed by atoms with van der Waals surface area (Å²) in [4.78, 5) is 0. The molecular formula is C9H13ClN2O. The lowest BCUT2D eigenvalue weighted by Crippen LogP contribution is -2.33. The lowest BCUT2D eigenvalue weighted by molar-refractivity contribution is 0.218. The fourth-order valence-electron chi connectivity index (χ4n) is 0.980. The SMILES string of the molecule is CC(CNN)Oc1cccc(Cl)c1. The van der Waals surface area contributed by atoms with Crippen molar-refractivity contribution in [1.82, 2.24) is 5.43 Å². The van der Waals surface area contributed by atoms with Crippen LogP contribution in [-0.4, -0.2) is 12.6 Å². The quantitative estimate of drug-likeness (QED) is 0.573. The first kappa shape index (κ1) is 10.3. The second-order valence-electron chi connectivity index (χ2n) is 2.79. The largest absolute Gasteiger partial charge is 0.489 e. The second-order valence-corrected chi connectivity index (χ2v) is 3.23. The van der Waals surface area contributed by atoms with E-state index in [9.17, 15) is 0 Å². The lowest BCUT2D eigenvalue weighted by atomic mass is 10.3. The van der Waals surface area contributed by atoms with Gasteiger partial charge >= 0.3 is 0 Å². The summed E-state index contributed by atoms with van der Waals surface area (Å²) in [5.74, 6) is 5.92. The molecule has 3 nitrogen and oxygen atoms in total. The van der Waals surface area contributed by atoms with Crippen LogP contribution in [0.1, 0.15) is 6.92 Å². The molecule has 1 unspecified atom stereocenters. The van der Waals surface area contributed by atoms with Gasteiger partial charge < -0.3 is 4.74 Å². The Balaban J connectivity index is 2.53. The molecule has 0 heterocycles. The van der Waals surface area contributed by atoms with Gasteiger partial charge in [-0.1, -0.05) is 17.7 Å². The van der Waals surface area contributed by atoms with Crippen molar-refractivity contribution in [1.29, 1.82) is 0 Å². The summed E-state index contributed by atoms with van der Waals surface area (Å²) in [6, 6.07) is 7.29. The van der Waals surface area contributed by atoms with Gasteiger partial charge in [0.15, 0.2) is 0 Å². The number of ether oxygens (including phenoxy) is 1. The van der Waals surface area contributed by atoms with Crippen LogP contribution in [0.3, 0.4) is 0 Å². The molecule has 0 radical (unpaired) electrons. The smallest absolute Gasteiger partial charge is 0.121 e. The highest BCUT2D eigenvalue weighted by molar-refractivity contribution is 6.30. The summed E-state index contributed by atoms with van der Waals surface area (Å²) in [5.41, 5.74) is 2.54. The van der Waals surface area contributed by atoms with E-state index in [0.29, 0.717) is 11.6 Å². The standard InChI is InChI=1S/C9H13ClN2O/c1-7(6-12-11)13-9-4-2-3-8(10)5-9/h2-5,7,12H,6,11H2,1H3. The van der Waals surface area contributed by atoms with Crippen LogP contribution in [0.15, 0.2) is 24.3 Å². The Bertz CT molecular complexity index is 268. The van der Waals surface area contributed by atoms with Crippen molar-refractivity contribution in [2.75, 3.05) is 6.54 Å². The number of halogens is 1. The van der Waals surface area contributed by atoms with Crippen LogP contribution in [0.25, 0.3) is 0 Å². The van der Waals surface area contributed by atoms with Crippen molar-refractivity contribution in [2.45, 2.75) is 13.0 Å². The zero-order valence-electron chi connectivity index (χ0n) is 7.46. The Kier molecular flexibility index (Phi) is 4.02. The minimum absolute atomic E-state index is 0.0310. The third kappa shape index (κ3) is 3.63. The van der Waals surface area contributed by atoms with Gasteiger partial charge in [-0.15, -0.1) is 0 Å². The molecule has 0 fully saturated rings. The van der Waals surface area contributed by atoms with Gasteiger partial charge in [0.1, 0.15) is 11.9 Å². The molecule has 1 aromatic rings. The van der Waals surface area contributed by atoms with E-state index >= 15 is 0 Å². The first-order valence-electron chi connectivity index (χ1n) is 4.08. The van der Waals surface area contributed by atoms with E-state index in [1.807, 2.05) is 19.1 Å². The average molecular weight is 201 g/mol. The highest BCUT2D eigenvalue weighted by atomic mass is 35.5. The van der Waals surface area contributed by atoms with Crippen molar-refractivity contribution in [2.24, 2.45) is 5.84 Å². The molecule has 0 spiro atoms. The summed E-state index contributed by atoms with van der Waals surface area (Å²) in [6.07, 6.45) is 0.0310. The van der Waals surface area contributed by atoms with Crippen LogP contribution in [0.5, 0.6) is 5.75 Å². The van der Waals surface area contributed by atoms with Crippen LogP contribution in [0.2, 0.25) is 5.02 Å². The number of rotatable bonds is 4. The minimum atomic E-state index is 0.0310. The molecular weight excluding hydrogens is 188 g/mol. The summed E-state index contributed by atoms with van der Waals surface area (Å²) in [6.45, 7) is 2.53. The maximum Gasteiger partial charge on any atom is 0.121 e. The Hall–Kier alpha value is -0.770. The third-order valence-electron chi connectivity index (χ3n) is 1.54. The Labute approximate surface area is 82.8 Å². The fraction of sp³-hybridized carbons (Fsp3) is 0.333. The number of nitrogens with one attached hydrogen (secondary N) is 1. The summed E-state index contributed by atoms with van der Waals surface area (Å²) in [7, 11) is 0. The monoisotopic (exact) mass is 200 g/mol. The molecule has 4 heteroatoms. The molecule has 0 saturated heterocycles. The van der Waals surface area contributed by atoms with E-state index in [4.69, 9.17) is 22.2 Å². The average Bonchev–Trinajstić information content (AvgIpc) is 2.04. The van der Waals surface area contributed by atoms with Gasteiger partial charge in [-0.25, -0.2) is 0 Å². The number of benzene rings is 1. The highest BCUT2D eigenvalue weighted by Crippen LogP contribution is 2.17. The van der Waals surface area contributed by atoms with E-state index in [1.165, 1.54) is 0 Å². The van der Waals surface area contributed by atoms with E-state index in [2.05, 4.69) is 5.43 Å². The van der Waals surface area contributed by atoms with E-state index in [1.54, 1.807) is 12.1 Å². The fourth-order valence-corrected chi connectivity index (χ4v) is 1.16. The molecule has 0 saturated carbocycles. The van der Waals surface area contributed by atoms with Crippen LogP contribution >= 0.6 is 11.6 Å². The van der Waals surface area contributed by atoms with Gasteiger partial charge in [0, 0.05) is 11.6 Å². The van der Waals surface area contributed by atoms with Crippen molar-refractivity contribution >= 4 is 11.6 Å². The van der Waals surface area contributed by atoms with Gasteiger partial charge in [0.25, 0.3) is 0 Å².